The Bertz CT molecular complexity index is 486. The average molecular weight is 264 g/mol. The number of likely N-dealkylation sites (tertiary alicyclic amines) is 1. The zero-order chi connectivity index (χ0) is 14.0. The first-order valence-electron chi connectivity index (χ1n) is 6.03. The van der Waals surface area contributed by atoms with Crippen molar-refractivity contribution in [3.63, 3.8) is 0 Å². The van der Waals surface area contributed by atoms with E-state index in [2.05, 4.69) is 0 Å². The monoisotopic (exact) mass is 264 g/mol. The Morgan fingerprint density at radius 2 is 2.05 bits per heavy atom. The summed E-state index contributed by atoms with van der Waals surface area (Å²) < 4.78 is 0. The lowest BCUT2D eigenvalue weighted by molar-refractivity contribution is -0.148. The van der Waals surface area contributed by atoms with Crippen LogP contribution in [0.25, 0.3) is 0 Å². The van der Waals surface area contributed by atoms with Gasteiger partial charge in [0.25, 0.3) is 0 Å². The summed E-state index contributed by atoms with van der Waals surface area (Å²) in [6.45, 7) is 0.272. The van der Waals surface area contributed by atoms with Crippen LogP contribution in [0.3, 0.4) is 0 Å². The summed E-state index contributed by atoms with van der Waals surface area (Å²) >= 11 is 0. The molecule has 1 aliphatic rings. The number of phenols is 1. The minimum Gasteiger partial charge on any atom is -0.508 e. The minimum absolute atomic E-state index is 0.120. The summed E-state index contributed by atoms with van der Waals surface area (Å²) in [6, 6.07) is 5.06. The highest BCUT2D eigenvalue weighted by Gasteiger charge is 2.36. The maximum absolute atomic E-state index is 11.7. The van der Waals surface area contributed by atoms with Crippen molar-refractivity contribution in [2.24, 2.45) is 5.73 Å². The average Bonchev–Trinajstić information content (AvgIpc) is 2.67. The molecule has 1 aromatic carbocycles. The van der Waals surface area contributed by atoms with E-state index in [-0.39, 0.29) is 37.1 Å². The van der Waals surface area contributed by atoms with Gasteiger partial charge in [0.1, 0.15) is 11.8 Å². The van der Waals surface area contributed by atoms with Crippen molar-refractivity contribution in [2.75, 3.05) is 6.54 Å². The van der Waals surface area contributed by atoms with Crippen LogP contribution in [0.1, 0.15) is 12.0 Å². The molecule has 1 heterocycles. The van der Waals surface area contributed by atoms with Gasteiger partial charge in [0.2, 0.25) is 5.91 Å². The van der Waals surface area contributed by atoms with E-state index in [0.717, 1.165) is 5.56 Å². The molecule has 0 aliphatic carbocycles. The molecule has 0 spiro atoms. The summed E-state index contributed by atoms with van der Waals surface area (Å²) in [4.78, 5) is 24.4. The Labute approximate surface area is 110 Å². The number of amides is 1. The van der Waals surface area contributed by atoms with E-state index < -0.39 is 12.0 Å². The van der Waals surface area contributed by atoms with Gasteiger partial charge >= 0.3 is 5.97 Å². The highest BCUT2D eigenvalue weighted by molar-refractivity contribution is 5.85. The number of aliphatic carboxylic acids is 1. The van der Waals surface area contributed by atoms with Gasteiger partial charge in [-0.2, -0.15) is 0 Å². The molecule has 1 unspecified atom stereocenters. The molecule has 1 fully saturated rings. The lowest BCUT2D eigenvalue weighted by Gasteiger charge is -2.24. The number of nitrogens with zero attached hydrogens (tertiary/aromatic N) is 1. The number of carboxylic acids is 1. The smallest absolute Gasteiger partial charge is 0.326 e. The van der Waals surface area contributed by atoms with Crippen LogP contribution >= 0.6 is 0 Å². The van der Waals surface area contributed by atoms with Crippen molar-refractivity contribution in [3.8, 4) is 5.75 Å². The van der Waals surface area contributed by atoms with Crippen LogP contribution in [-0.4, -0.2) is 45.6 Å². The van der Waals surface area contributed by atoms with E-state index in [0.29, 0.717) is 0 Å². The molecule has 1 aromatic rings. The Kier molecular flexibility index (Phi) is 3.71. The Morgan fingerprint density at radius 1 is 1.42 bits per heavy atom. The van der Waals surface area contributed by atoms with E-state index in [1.54, 1.807) is 12.1 Å². The lowest BCUT2D eigenvalue weighted by Crippen LogP contribution is -2.44. The van der Waals surface area contributed by atoms with Crippen LogP contribution in [0, 0.1) is 0 Å². The van der Waals surface area contributed by atoms with Crippen LogP contribution in [0.4, 0.5) is 0 Å². The minimum atomic E-state index is -1.05. The fraction of sp³-hybridized carbons (Fsp3) is 0.385. The van der Waals surface area contributed by atoms with Crippen LogP contribution in [0.2, 0.25) is 0 Å². The van der Waals surface area contributed by atoms with Crippen LogP contribution in [0.5, 0.6) is 5.75 Å². The fourth-order valence-corrected chi connectivity index (χ4v) is 2.25. The third-order valence-corrected chi connectivity index (χ3v) is 3.22. The third-order valence-electron chi connectivity index (χ3n) is 3.22. The lowest BCUT2D eigenvalue weighted by atomic mass is 10.0. The topological polar surface area (TPSA) is 104 Å². The van der Waals surface area contributed by atoms with Crippen LogP contribution in [0.15, 0.2) is 24.3 Å². The molecular weight excluding hydrogens is 248 g/mol. The second-order valence-electron chi connectivity index (χ2n) is 4.73. The predicted molar refractivity (Wildman–Crippen MR) is 67.5 cm³/mol. The summed E-state index contributed by atoms with van der Waals surface area (Å²) in [7, 11) is 0. The molecule has 1 saturated heterocycles. The van der Waals surface area contributed by atoms with Crippen molar-refractivity contribution < 1.29 is 19.8 Å². The zero-order valence-electron chi connectivity index (χ0n) is 10.3. The normalized spacial score (nSPS) is 20.6. The third kappa shape index (κ3) is 3.03. The number of benzene rings is 1. The molecule has 6 heteroatoms. The summed E-state index contributed by atoms with van der Waals surface area (Å²) in [5.41, 5.74) is 6.43. The number of carbonyl (C=O) groups excluding carboxylic acids is 1. The van der Waals surface area contributed by atoms with Crippen molar-refractivity contribution in [1.82, 2.24) is 4.90 Å². The summed E-state index contributed by atoms with van der Waals surface area (Å²) in [5, 5.41) is 18.5. The number of aromatic hydroxyl groups is 1. The first kappa shape index (κ1) is 13.4. The highest BCUT2D eigenvalue weighted by atomic mass is 16.4. The number of carboxylic acid groups (broad SMARTS) is 1. The van der Waals surface area contributed by atoms with Gasteiger partial charge in [0, 0.05) is 25.4 Å². The van der Waals surface area contributed by atoms with Gasteiger partial charge in [-0.25, -0.2) is 4.79 Å². The van der Waals surface area contributed by atoms with Crippen molar-refractivity contribution in [1.29, 1.82) is 0 Å². The quantitative estimate of drug-likeness (QED) is 0.707. The molecule has 0 bridgehead atoms. The van der Waals surface area contributed by atoms with E-state index >= 15 is 0 Å². The molecule has 2 atom stereocenters. The van der Waals surface area contributed by atoms with Gasteiger partial charge in [-0.3, -0.25) is 4.79 Å². The van der Waals surface area contributed by atoms with Crippen molar-refractivity contribution in [2.45, 2.75) is 24.9 Å². The fourth-order valence-electron chi connectivity index (χ4n) is 2.25. The van der Waals surface area contributed by atoms with Gasteiger partial charge < -0.3 is 20.8 Å². The van der Waals surface area contributed by atoms with Gasteiger partial charge in [-0.15, -0.1) is 0 Å². The maximum atomic E-state index is 11.7. The first-order valence-corrected chi connectivity index (χ1v) is 6.03. The van der Waals surface area contributed by atoms with Gasteiger partial charge in [-0.05, 0) is 17.7 Å². The Hall–Kier alpha value is -2.08. The molecule has 4 N–H and O–H groups in total. The Balaban J connectivity index is 2.15. The van der Waals surface area contributed by atoms with Crippen LogP contribution < -0.4 is 5.73 Å². The van der Waals surface area contributed by atoms with E-state index in [4.69, 9.17) is 5.73 Å². The molecule has 19 heavy (non-hydrogen) atoms. The maximum Gasteiger partial charge on any atom is 0.326 e. The highest BCUT2D eigenvalue weighted by Crippen LogP contribution is 2.18. The molecular formula is C13H16N2O4. The first-order chi connectivity index (χ1) is 8.97. The number of rotatable bonds is 4. The molecule has 0 radical (unpaired) electrons. The summed E-state index contributed by atoms with van der Waals surface area (Å²) in [5.74, 6) is -1.15. The Morgan fingerprint density at radius 3 is 2.53 bits per heavy atom. The number of phenolic OH excluding ortho intramolecular Hbond substituents is 1. The second-order valence-corrected chi connectivity index (χ2v) is 4.73. The molecule has 0 aromatic heterocycles. The molecule has 0 saturated carbocycles. The number of nitrogens with two attached hydrogens (primary N) is 1. The van der Waals surface area contributed by atoms with E-state index in [1.807, 2.05) is 0 Å². The van der Waals surface area contributed by atoms with Gasteiger partial charge in [0.15, 0.2) is 0 Å². The second kappa shape index (κ2) is 5.27. The molecule has 102 valence electrons. The number of hydrogen-bond donors (Lipinski definition) is 3. The van der Waals surface area contributed by atoms with Gasteiger partial charge in [-0.1, -0.05) is 12.1 Å². The van der Waals surface area contributed by atoms with Gasteiger partial charge in [0.05, 0.1) is 0 Å². The number of carbonyl (C=O) groups is 2. The zero-order valence-corrected chi connectivity index (χ0v) is 10.3. The SMILES string of the molecule is NC1CC(=O)N([C@@H](Cc2ccc(O)cc2)C(=O)O)C1. The number of hydrogen-bond acceptors (Lipinski definition) is 4. The van der Waals surface area contributed by atoms with Crippen molar-refractivity contribution >= 4 is 11.9 Å². The largest absolute Gasteiger partial charge is 0.508 e. The molecule has 1 amide bonds. The molecule has 6 nitrogen and oxygen atoms in total. The summed E-state index contributed by atoms with van der Waals surface area (Å²) in [6.07, 6.45) is 0.396. The van der Waals surface area contributed by atoms with E-state index in [9.17, 15) is 19.8 Å². The molecule has 2 rings (SSSR count). The molecule has 1 aliphatic heterocycles. The predicted octanol–water partition coefficient (Wildman–Crippen LogP) is -0.0525. The van der Waals surface area contributed by atoms with Crippen LogP contribution in [-0.2, 0) is 16.0 Å². The van der Waals surface area contributed by atoms with Crippen molar-refractivity contribution in [3.05, 3.63) is 29.8 Å². The van der Waals surface area contributed by atoms with E-state index in [1.165, 1.54) is 17.0 Å². The standard InChI is InChI=1S/C13H16N2O4/c14-9-6-12(17)15(7-9)11(13(18)19)5-8-1-3-10(16)4-2-8/h1-4,9,11,16H,5-7,14H2,(H,18,19)/t9?,11-/m0/s1.